The lowest BCUT2D eigenvalue weighted by atomic mass is 9.87. The average molecular weight is 586 g/mol. The van der Waals surface area contributed by atoms with Gasteiger partial charge < -0.3 is 15.6 Å². The van der Waals surface area contributed by atoms with Crippen molar-refractivity contribution < 1.29 is 23.4 Å². The minimum absolute atomic E-state index is 0.0449. The first kappa shape index (κ1) is 31.1. The monoisotopic (exact) mass is 585 g/mol. The number of benzene rings is 2. The van der Waals surface area contributed by atoms with E-state index in [1.165, 1.54) is 12.1 Å². The molecule has 0 saturated carbocycles. The fourth-order valence-electron chi connectivity index (χ4n) is 4.92. The molecule has 10 heteroatoms. The van der Waals surface area contributed by atoms with Crippen LogP contribution in [0.15, 0.2) is 42.5 Å². The van der Waals surface area contributed by atoms with Gasteiger partial charge in [-0.1, -0.05) is 12.0 Å². The van der Waals surface area contributed by atoms with Crippen molar-refractivity contribution >= 4 is 22.7 Å². The van der Waals surface area contributed by atoms with Gasteiger partial charge in [-0.15, -0.1) is 0 Å². The Hall–Kier alpha value is -4.80. The molecule has 2 aromatic carbocycles. The summed E-state index contributed by atoms with van der Waals surface area (Å²) < 4.78 is 35.7. The number of aliphatic hydroxyl groups is 1. The van der Waals surface area contributed by atoms with E-state index in [0.29, 0.717) is 44.5 Å². The lowest BCUT2D eigenvalue weighted by Gasteiger charge is -2.24. The Morgan fingerprint density at radius 2 is 1.74 bits per heavy atom. The van der Waals surface area contributed by atoms with Gasteiger partial charge in [0.1, 0.15) is 28.5 Å². The third-order valence-electron chi connectivity index (χ3n) is 6.47. The van der Waals surface area contributed by atoms with E-state index in [2.05, 4.69) is 23.0 Å². The fraction of sp³-hybridized carbons (Fsp3) is 0.333. The Bertz CT molecular complexity index is 1790. The van der Waals surface area contributed by atoms with E-state index in [1.54, 1.807) is 70.6 Å². The van der Waals surface area contributed by atoms with Gasteiger partial charge in [0.05, 0.1) is 34.7 Å². The number of carbonyl (C=O) groups excluding carboxylic acids is 1. The largest absolute Gasteiger partial charge is 0.460 e. The van der Waals surface area contributed by atoms with E-state index in [1.807, 2.05) is 0 Å². The fourth-order valence-corrected chi connectivity index (χ4v) is 4.92. The summed E-state index contributed by atoms with van der Waals surface area (Å²) in [4.78, 5) is 18.0. The Balaban J connectivity index is 2.00. The molecule has 3 N–H and O–H groups in total. The highest BCUT2D eigenvalue weighted by atomic mass is 19.1. The van der Waals surface area contributed by atoms with Crippen molar-refractivity contribution in [2.24, 2.45) is 7.05 Å². The summed E-state index contributed by atoms with van der Waals surface area (Å²) in [5.74, 6) is 3.06. The minimum atomic E-state index is -1.29. The first-order valence-electron chi connectivity index (χ1n) is 13.6. The topological polar surface area (TPSA) is 127 Å². The summed E-state index contributed by atoms with van der Waals surface area (Å²) >= 11 is 0. The third kappa shape index (κ3) is 7.54. The predicted octanol–water partition coefficient (Wildman–Crippen LogP) is 5.55. The van der Waals surface area contributed by atoms with Crippen LogP contribution in [0.3, 0.4) is 0 Å². The number of rotatable bonds is 6. The summed E-state index contributed by atoms with van der Waals surface area (Å²) in [6.07, 6.45) is -0.117. The number of anilines is 1. The smallest absolute Gasteiger partial charge is 0.306 e. The van der Waals surface area contributed by atoms with Crippen molar-refractivity contribution in [1.82, 2.24) is 14.8 Å². The molecule has 0 aliphatic carbocycles. The number of nitriles is 1. The van der Waals surface area contributed by atoms with Crippen LogP contribution in [0, 0.1) is 34.8 Å². The second kappa shape index (κ2) is 11.8. The number of halogens is 2. The highest BCUT2D eigenvalue weighted by Crippen LogP contribution is 2.39. The van der Waals surface area contributed by atoms with Gasteiger partial charge in [-0.3, -0.25) is 9.48 Å². The molecule has 8 nitrogen and oxygen atoms in total. The number of carbonyl (C=O) groups is 1. The summed E-state index contributed by atoms with van der Waals surface area (Å²) in [6, 6.07) is 12.2. The minimum Gasteiger partial charge on any atom is -0.460 e. The maximum absolute atomic E-state index is 14.2. The van der Waals surface area contributed by atoms with Gasteiger partial charge in [0.15, 0.2) is 5.82 Å². The number of nitrogens with two attached hydrogens (primary N) is 1. The van der Waals surface area contributed by atoms with E-state index in [9.17, 15) is 23.9 Å². The van der Waals surface area contributed by atoms with Gasteiger partial charge in [0.25, 0.3) is 0 Å². The van der Waals surface area contributed by atoms with Gasteiger partial charge in [0.2, 0.25) is 0 Å². The SMILES string of the molecule is Cn1nc(N)c2c(C#N)ccc(-c3ccc(C#CC(C)(C)O)nc3[C@@H](CC(=O)OC(C)(C)C)Cc3cc(F)cc(F)c3)c21. The second-order valence-electron chi connectivity index (χ2n) is 11.9. The van der Waals surface area contributed by atoms with Crippen molar-refractivity contribution in [2.75, 3.05) is 5.73 Å². The number of hydrogen-bond donors (Lipinski definition) is 2. The van der Waals surface area contributed by atoms with Gasteiger partial charge in [-0.25, -0.2) is 13.8 Å². The first-order chi connectivity index (χ1) is 20.0. The van der Waals surface area contributed by atoms with E-state index >= 15 is 0 Å². The zero-order valence-corrected chi connectivity index (χ0v) is 24.9. The van der Waals surface area contributed by atoms with Crippen molar-refractivity contribution in [3.63, 3.8) is 0 Å². The molecule has 1 atom stereocenters. The third-order valence-corrected chi connectivity index (χ3v) is 6.47. The van der Waals surface area contributed by atoms with Gasteiger partial charge in [-0.05, 0) is 82.9 Å². The van der Waals surface area contributed by atoms with Crippen LogP contribution in [-0.2, 0) is 23.0 Å². The van der Waals surface area contributed by atoms with Crippen LogP contribution in [0.5, 0.6) is 0 Å². The quantitative estimate of drug-likeness (QED) is 0.224. The van der Waals surface area contributed by atoms with Crippen LogP contribution in [0.25, 0.3) is 22.0 Å². The zero-order chi connectivity index (χ0) is 31.7. The summed E-state index contributed by atoms with van der Waals surface area (Å²) in [6.45, 7) is 8.33. The van der Waals surface area contributed by atoms with Crippen molar-refractivity contribution in [1.29, 1.82) is 5.26 Å². The average Bonchev–Trinajstić information content (AvgIpc) is 3.18. The number of nitrogen functional groups attached to an aromatic ring is 1. The van der Waals surface area contributed by atoms with Crippen LogP contribution in [0.2, 0.25) is 0 Å². The molecule has 2 aromatic heterocycles. The molecule has 0 radical (unpaired) electrons. The second-order valence-corrected chi connectivity index (χ2v) is 11.9. The molecule has 2 heterocycles. The number of nitrogens with zero attached hydrogens (tertiary/aromatic N) is 4. The molecular weight excluding hydrogens is 552 g/mol. The molecule has 0 spiro atoms. The molecule has 0 amide bonds. The molecule has 0 saturated heterocycles. The number of esters is 1. The molecule has 4 aromatic rings. The van der Waals surface area contributed by atoms with E-state index in [0.717, 1.165) is 6.07 Å². The van der Waals surface area contributed by atoms with E-state index < -0.39 is 34.7 Å². The molecule has 0 fully saturated rings. The predicted molar refractivity (Wildman–Crippen MR) is 160 cm³/mol. The lowest BCUT2D eigenvalue weighted by molar-refractivity contribution is -0.155. The zero-order valence-electron chi connectivity index (χ0n) is 24.9. The molecule has 0 aliphatic heterocycles. The highest BCUT2D eigenvalue weighted by molar-refractivity contribution is 6.03. The molecule has 0 bridgehead atoms. The summed E-state index contributed by atoms with van der Waals surface area (Å²) in [5.41, 5.74) is 7.29. The normalized spacial score (nSPS) is 12.4. The first-order valence-corrected chi connectivity index (χ1v) is 13.6. The van der Waals surface area contributed by atoms with Gasteiger partial charge in [-0.2, -0.15) is 10.4 Å². The number of pyridine rings is 1. The number of aromatic nitrogens is 3. The van der Waals surface area contributed by atoms with E-state index in [4.69, 9.17) is 15.5 Å². The summed E-state index contributed by atoms with van der Waals surface area (Å²) in [7, 11) is 1.70. The highest BCUT2D eigenvalue weighted by Gasteiger charge is 2.28. The Labute approximate surface area is 249 Å². The van der Waals surface area contributed by atoms with Crippen molar-refractivity contribution in [2.45, 2.75) is 64.6 Å². The molecular formula is C33H33F2N5O3. The molecule has 0 aliphatic rings. The van der Waals surface area contributed by atoms with Crippen LogP contribution in [0.4, 0.5) is 14.6 Å². The number of ether oxygens (including phenoxy) is 1. The lowest BCUT2D eigenvalue weighted by Crippen LogP contribution is -2.25. The standard InChI is InChI=1S/C33H33F2N5O3/c1-32(2,3)43-27(41)16-21(13-19-14-22(34)17-23(35)15-19)29-25(10-8-24(38-29)11-12-33(4,5)42)26-9-7-20(18-36)28-30(26)40(6)39-31(28)37/h7-10,14-15,17,21,42H,13,16H2,1-6H3,(H2,37,39)/t21-/m1/s1. The van der Waals surface area contributed by atoms with Crippen LogP contribution in [-0.4, -0.2) is 37.0 Å². The Morgan fingerprint density at radius 1 is 1.09 bits per heavy atom. The van der Waals surface area contributed by atoms with Crippen molar-refractivity contribution in [3.05, 3.63) is 76.6 Å². The van der Waals surface area contributed by atoms with Crippen LogP contribution < -0.4 is 5.73 Å². The van der Waals surface area contributed by atoms with E-state index in [-0.39, 0.29) is 18.7 Å². The maximum Gasteiger partial charge on any atom is 0.306 e. The maximum atomic E-state index is 14.2. The Kier molecular flexibility index (Phi) is 8.57. The van der Waals surface area contributed by atoms with Crippen molar-refractivity contribution in [3.8, 4) is 29.0 Å². The van der Waals surface area contributed by atoms with Gasteiger partial charge >= 0.3 is 5.97 Å². The van der Waals surface area contributed by atoms with Crippen LogP contribution in [0.1, 0.15) is 69.5 Å². The molecule has 222 valence electrons. The van der Waals surface area contributed by atoms with Gasteiger partial charge in [0, 0.05) is 30.2 Å². The van der Waals surface area contributed by atoms with Crippen LogP contribution >= 0.6 is 0 Å². The molecule has 43 heavy (non-hydrogen) atoms. The summed E-state index contributed by atoms with van der Waals surface area (Å²) in [5, 5.41) is 24.7. The number of aryl methyl sites for hydroxylation is 1. The molecule has 0 unspecified atom stereocenters. The molecule has 4 rings (SSSR count). The number of fused-ring (bicyclic) bond motifs is 1. The number of hydrogen-bond acceptors (Lipinski definition) is 7. The Morgan fingerprint density at radius 3 is 2.35 bits per heavy atom.